The highest BCUT2D eigenvalue weighted by molar-refractivity contribution is 5.98. The van der Waals surface area contributed by atoms with Gasteiger partial charge in [-0.05, 0) is 30.2 Å². The van der Waals surface area contributed by atoms with Gasteiger partial charge in [0.15, 0.2) is 0 Å². The predicted octanol–water partition coefficient (Wildman–Crippen LogP) is 2.74. The van der Waals surface area contributed by atoms with Gasteiger partial charge in [0.05, 0.1) is 11.8 Å². The molecule has 1 unspecified atom stereocenters. The topological polar surface area (TPSA) is 79.8 Å². The number of amides is 2. The van der Waals surface area contributed by atoms with E-state index in [9.17, 15) is 14.0 Å². The molecule has 2 rings (SSSR count). The molecule has 0 aliphatic rings. The summed E-state index contributed by atoms with van der Waals surface area (Å²) in [5.41, 5.74) is 2.89. The molecule has 0 radical (unpaired) electrons. The second-order valence-corrected chi connectivity index (χ2v) is 6.44. The number of nitrogens with one attached hydrogen (secondary N) is 2. The number of nitrogens with zero attached hydrogens (tertiary/aromatic N) is 1. The maximum atomic E-state index is 13.8. The molecule has 0 heterocycles. The van der Waals surface area contributed by atoms with Crippen LogP contribution in [-0.2, 0) is 4.79 Å². The zero-order valence-electron chi connectivity index (χ0n) is 16.2. The summed E-state index contributed by atoms with van der Waals surface area (Å²) in [6.07, 6.45) is 6.61. The van der Waals surface area contributed by atoms with Gasteiger partial charge in [0.25, 0.3) is 11.8 Å². The zero-order valence-corrected chi connectivity index (χ0v) is 16.2. The Kier molecular flexibility index (Phi) is 7.92. The average Bonchev–Trinajstić information content (AvgIpc) is 2.71. The van der Waals surface area contributed by atoms with Crippen molar-refractivity contribution in [1.82, 2.24) is 10.7 Å². The molecule has 0 aliphatic carbocycles. The van der Waals surface area contributed by atoms with Gasteiger partial charge >= 0.3 is 0 Å². The van der Waals surface area contributed by atoms with Crippen LogP contribution >= 0.6 is 0 Å². The van der Waals surface area contributed by atoms with E-state index < -0.39 is 23.7 Å². The second kappa shape index (κ2) is 10.6. The molecule has 2 aromatic rings. The summed E-state index contributed by atoms with van der Waals surface area (Å²) in [5.74, 6) is 0.804. The summed E-state index contributed by atoms with van der Waals surface area (Å²) in [7, 11) is 0. The van der Waals surface area contributed by atoms with Crippen LogP contribution in [0, 0.1) is 24.1 Å². The van der Waals surface area contributed by atoms with E-state index in [0.29, 0.717) is 11.3 Å². The third-order valence-corrected chi connectivity index (χ3v) is 3.96. The fraction of sp³-hybridized carbons (Fsp3) is 0.227. The van der Waals surface area contributed by atoms with Crippen LogP contribution in [0.4, 0.5) is 4.39 Å². The Bertz CT molecular complexity index is 935. The highest BCUT2D eigenvalue weighted by atomic mass is 19.1. The van der Waals surface area contributed by atoms with Crippen LogP contribution in [0.15, 0.2) is 53.6 Å². The number of benzene rings is 2. The third kappa shape index (κ3) is 6.18. The van der Waals surface area contributed by atoms with Crippen LogP contribution in [0.25, 0.3) is 0 Å². The Labute approximate surface area is 169 Å². The number of hydrazone groups is 1. The Morgan fingerprint density at radius 2 is 1.90 bits per heavy atom. The standard InChI is InChI=1S/C22H22FN3O3/c1-4-13-29-19-12-8-5-9-16(19)14-24-26-22(28)20(15(2)3)25-21(27)17-10-6-7-11-18(17)23/h1,5-12,14-15,20H,13H2,2-3H3,(H,25,27)(H,26,28). The number of halogens is 1. The van der Waals surface area contributed by atoms with Gasteiger partial charge in [0.1, 0.15) is 24.2 Å². The maximum absolute atomic E-state index is 13.8. The molecule has 0 bridgehead atoms. The minimum Gasteiger partial charge on any atom is -0.480 e. The van der Waals surface area contributed by atoms with Gasteiger partial charge in [-0.1, -0.05) is 44.0 Å². The summed E-state index contributed by atoms with van der Waals surface area (Å²) in [4.78, 5) is 24.8. The molecule has 0 aromatic heterocycles. The van der Waals surface area contributed by atoms with Gasteiger partial charge < -0.3 is 10.1 Å². The van der Waals surface area contributed by atoms with E-state index in [1.807, 2.05) is 0 Å². The fourth-order valence-electron chi connectivity index (χ4n) is 2.47. The van der Waals surface area contributed by atoms with Gasteiger partial charge in [0, 0.05) is 5.56 Å². The van der Waals surface area contributed by atoms with Gasteiger partial charge in [-0.15, -0.1) is 6.42 Å². The largest absolute Gasteiger partial charge is 0.480 e. The molecule has 6 nitrogen and oxygen atoms in total. The Morgan fingerprint density at radius 3 is 2.59 bits per heavy atom. The monoisotopic (exact) mass is 395 g/mol. The zero-order chi connectivity index (χ0) is 21.2. The van der Waals surface area contributed by atoms with Crippen molar-refractivity contribution in [3.63, 3.8) is 0 Å². The van der Waals surface area contributed by atoms with E-state index in [2.05, 4.69) is 21.8 Å². The minimum atomic E-state index is -0.896. The smallest absolute Gasteiger partial charge is 0.262 e. The number of hydrogen-bond donors (Lipinski definition) is 2. The molecule has 29 heavy (non-hydrogen) atoms. The van der Waals surface area contributed by atoms with Gasteiger partial charge in [-0.3, -0.25) is 9.59 Å². The van der Waals surface area contributed by atoms with Crippen molar-refractivity contribution in [3.05, 3.63) is 65.5 Å². The van der Waals surface area contributed by atoms with Crippen molar-refractivity contribution in [1.29, 1.82) is 0 Å². The van der Waals surface area contributed by atoms with Crippen LogP contribution in [0.2, 0.25) is 0 Å². The summed E-state index contributed by atoms with van der Waals surface area (Å²) >= 11 is 0. The van der Waals surface area contributed by atoms with Gasteiger partial charge in [-0.25, -0.2) is 9.82 Å². The minimum absolute atomic E-state index is 0.106. The molecule has 2 amide bonds. The number of carbonyl (C=O) groups excluding carboxylic acids is 2. The van der Waals surface area contributed by atoms with Gasteiger partial charge in [0.2, 0.25) is 0 Å². The first-order valence-corrected chi connectivity index (χ1v) is 8.97. The first-order chi connectivity index (χ1) is 13.9. The van der Waals surface area contributed by atoms with E-state index in [1.54, 1.807) is 44.2 Å². The van der Waals surface area contributed by atoms with E-state index in [-0.39, 0.29) is 18.1 Å². The van der Waals surface area contributed by atoms with E-state index in [1.165, 1.54) is 24.4 Å². The summed E-state index contributed by atoms with van der Waals surface area (Å²) in [5, 5.41) is 6.48. The van der Waals surface area contributed by atoms with E-state index in [4.69, 9.17) is 11.2 Å². The van der Waals surface area contributed by atoms with E-state index >= 15 is 0 Å². The Balaban J connectivity index is 2.05. The van der Waals surface area contributed by atoms with Crippen LogP contribution in [0.3, 0.4) is 0 Å². The molecule has 1 atom stereocenters. The molecular formula is C22H22FN3O3. The number of para-hydroxylation sites is 1. The lowest BCUT2D eigenvalue weighted by molar-refractivity contribution is -0.123. The Morgan fingerprint density at radius 1 is 1.21 bits per heavy atom. The third-order valence-electron chi connectivity index (χ3n) is 3.96. The first kappa shape index (κ1) is 21.6. The molecule has 0 saturated heterocycles. The number of ether oxygens (including phenoxy) is 1. The van der Waals surface area contributed by atoms with Crippen LogP contribution < -0.4 is 15.5 Å². The molecule has 2 N–H and O–H groups in total. The van der Waals surface area contributed by atoms with Crippen LogP contribution in [0.1, 0.15) is 29.8 Å². The second-order valence-electron chi connectivity index (χ2n) is 6.44. The summed E-state index contributed by atoms with van der Waals surface area (Å²) in [6, 6.07) is 11.7. The first-order valence-electron chi connectivity index (χ1n) is 8.97. The SMILES string of the molecule is C#CCOc1ccccc1C=NNC(=O)C(NC(=O)c1ccccc1F)C(C)C. The predicted molar refractivity (Wildman–Crippen MR) is 109 cm³/mol. The van der Waals surface area contributed by atoms with Crippen molar-refractivity contribution in [2.24, 2.45) is 11.0 Å². The quantitative estimate of drug-likeness (QED) is 0.410. The fourth-order valence-corrected chi connectivity index (χ4v) is 2.47. The normalized spacial score (nSPS) is 11.7. The molecule has 2 aromatic carbocycles. The maximum Gasteiger partial charge on any atom is 0.262 e. The molecule has 0 fully saturated rings. The molecule has 0 aliphatic heterocycles. The van der Waals surface area contributed by atoms with Crippen molar-refractivity contribution >= 4 is 18.0 Å². The van der Waals surface area contributed by atoms with Crippen LogP contribution in [-0.4, -0.2) is 30.7 Å². The molecular weight excluding hydrogens is 373 g/mol. The molecule has 0 saturated carbocycles. The molecule has 7 heteroatoms. The Hall–Kier alpha value is -3.66. The van der Waals surface area contributed by atoms with Crippen molar-refractivity contribution in [3.8, 4) is 18.1 Å². The number of rotatable bonds is 8. The highest BCUT2D eigenvalue weighted by Crippen LogP contribution is 2.15. The number of carbonyl (C=O) groups is 2. The van der Waals surface area contributed by atoms with Crippen molar-refractivity contribution in [2.45, 2.75) is 19.9 Å². The van der Waals surface area contributed by atoms with Gasteiger partial charge in [-0.2, -0.15) is 5.10 Å². The number of terminal acetylenes is 1. The molecule has 150 valence electrons. The lowest BCUT2D eigenvalue weighted by Gasteiger charge is -2.20. The van der Waals surface area contributed by atoms with Crippen molar-refractivity contribution < 1.29 is 18.7 Å². The highest BCUT2D eigenvalue weighted by Gasteiger charge is 2.25. The van der Waals surface area contributed by atoms with Crippen LogP contribution in [0.5, 0.6) is 5.75 Å². The number of hydrogen-bond acceptors (Lipinski definition) is 4. The van der Waals surface area contributed by atoms with E-state index in [0.717, 1.165) is 0 Å². The lowest BCUT2D eigenvalue weighted by atomic mass is 10.0. The summed E-state index contributed by atoms with van der Waals surface area (Å²) in [6.45, 7) is 3.63. The lowest BCUT2D eigenvalue weighted by Crippen LogP contribution is -2.48. The average molecular weight is 395 g/mol. The van der Waals surface area contributed by atoms with Crippen molar-refractivity contribution in [2.75, 3.05) is 6.61 Å². The molecule has 0 spiro atoms. The summed E-state index contributed by atoms with van der Waals surface area (Å²) < 4.78 is 19.2.